The third-order valence-corrected chi connectivity index (χ3v) is 1.92. The lowest BCUT2D eigenvalue weighted by Crippen LogP contribution is -1.95. The second-order valence-electron chi connectivity index (χ2n) is 2.03. The second-order valence-corrected chi connectivity index (χ2v) is 2.88. The van der Waals surface area contributed by atoms with Crippen LogP contribution in [0.2, 0.25) is 0 Å². The van der Waals surface area contributed by atoms with Gasteiger partial charge in [-0.15, -0.1) is 0 Å². The highest BCUT2D eigenvalue weighted by atomic mass is 79.9. The number of anilines is 1. The average Bonchev–Trinajstić information content (AvgIpc) is 1.99. The summed E-state index contributed by atoms with van der Waals surface area (Å²) in [5.41, 5.74) is 6.99. The Labute approximate surface area is 73.0 Å². The summed E-state index contributed by atoms with van der Waals surface area (Å²) in [6, 6.07) is 2.01. The van der Waals surface area contributed by atoms with Crippen LogP contribution >= 0.6 is 15.9 Å². The number of nitrogens with two attached hydrogens (primary N) is 1. The maximum atomic E-state index is 8.39. The van der Waals surface area contributed by atoms with E-state index in [1.807, 2.05) is 6.07 Å². The molecular weight excluding hydrogens is 206 g/mol. The Morgan fingerprint density at radius 1 is 1.64 bits per heavy atom. The first-order chi connectivity index (χ1) is 5.25. The van der Waals surface area contributed by atoms with E-state index in [1.165, 1.54) is 0 Å². The second kappa shape index (κ2) is 3.35. The maximum absolute atomic E-state index is 8.39. The number of nitrogens with zero attached hydrogens (tertiary/aromatic N) is 2. The Balaban J connectivity index is 3.08. The third-order valence-electron chi connectivity index (χ3n) is 1.29. The zero-order valence-electron chi connectivity index (χ0n) is 5.71. The molecule has 0 spiro atoms. The van der Waals surface area contributed by atoms with Crippen LogP contribution in [0.3, 0.4) is 0 Å². The fraction of sp³-hybridized carbons (Fsp3) is 0.143. The first-order valence-corrected chi connectivity index (χ1v) is 3.80. The average molecular weight is 212 g/mol. The van der Waals surface area contributed by atoms with E-state index in [9.17, 15) is 0 Å². The molecule has 0 amide bonds. The Morgan fingerprint density at radius 3 is 3.00 bits per heavy atom. The van der Waals surface area contributed by atoms with Gasteiger partial charge >= 0.3 is 0 Å². The van der Waals surface area contributed by atoms with Crippen LogP contribution in [0.25, 0.3) is 0 Å². The SMILES string of the molecule is N#CCc1cncc(Br)c1N. The fourth-order valence-corrected chi connectivity index (χ4v) is 1.08. The minimum absolute atomic E-state index is 0.304. The van der Waals surface area contributed by atoms with E-state index < -0.39 is 0 Å². The lowest BCUT2D eigenvalue weighted by molar-refractivity contribution is 1.19. The monoisotopic (exact) mass is 211 g/mol. The predicted molar refractivity (Wildman–Crippen MR) is 45.7 cm³/mol. The molecule has 0 aliphatic rings. The van der Waals surface area contributed by atoms with Crippen molar-refractivity contribution >= 4 is 21.6 Å². The van der Waals surface area contributed by atoms with Crippen molar-refractivity contribution in [1.82, 2.24) is 4.98 Å². The summed E-state index contributed by atoms with van der Waals surface area (Å²) in [6.07, 6.45) is 3.51. The molecule has 0 fully saturated rings. The molecule has 0 radical (unpaired) electrons. The van der Waals surface area contributed by atoms with Gasteiger partial charge in [0.15, 0.2) is 0 Å². The van der Waals surface area contributed by atoms with Gasteiger partial charge in [0, 0.05) is 18.0 Å². The standard InChI is InChI=1S/C7H6BrN3/c8-6-4-11-3-5(1-2-9)7(6)10/h3-4H,1H2,(H2,10,11). The molecular formula is C7H6BrN3. The molecule has 11 heavy (non-hydrogen) atoms. The Hall–Kier alpha value is -1.08. The number of nitrogen functional groups attached to an aromatic ring is 1. The van der Waals surface area contributed by atoms with Crippen LogP contribution < -0.4 is 5.73 Å². The van der Waals surface area contributed by atoms with Crippen molar-refractivity contribution in [3.63, 3.8) is 0 Å². The van der Waals surface area contributed by atoms with Crippen molar-refractivity contribution in [3.05, 3.63) is 22.4 Å². The van der Waals surface area contributed by atoms with E-state index in [2.05, 4.69) is 20.9 Å². The van der Waals surface area contributed by atoms with Crippen LogP contribution in [-0.4, -0.2) is 4.98 Å². The third kappa shape index (κ3) is 1.69. The molecule has 4 heteroatoms. The summed E-state index contributed by atoms with van der Waals surface area (Å²) in [7, 11) is 0. The maximum Gasteiger partial charge on any atom is 0.0671 e. The number of hydrogen-bond acceptors (Lipinski definition) is 3. The van der Waals surface area contributed by atoms with Crippen molar-refractivity contribution in [2.45, 2.75) is 6.42 Å². The summed E-state index contributed by atoms with van der Waals surface area (Å²) >= 11 is 3.22. The summed E-state index contributed by atoms with van der Waals surface area (Å²) in [6.45, 7) is 0. The van der Waals surface area contributed by atoms with Crippen molar-refractivity contribution in [3.8, 4) is 6.07 Å². The molecule has 0 saturated carbocycles. The summed E-state index contributed by atoms with van der Waals surface area (Å²) < 4.78 is 0.741. The quantitative estimate of drug-likeness (QED) is 0.766. The molecule has 1 aromatic heterocycles. The lowest BCUT2D eigenvalue weighted by Gasteiger charge is -2.00. The van der Waals surface area contributed by atoms with Crippen LogP contribution in [0.15, 0.2) is 16.9 Å². The summed E-state index contributed by atoms with van der Waals surface area (Å²) in [5, 5.41) is 8.39. The van der Waals surface area contributed by atoms with E-state index >= 15 is 0 Å². The summed E-state index contributed by atoms with van der Waals surface area (Å²) in [5.74, 6) is 0. The Bertz CT molecular complexity index is 303. The van der Waals surface area contributed by atoms with E-state index in [0.29, 0.717) is 12.1 Å². The van der Waals surface area contributed by atoms with Crippen molar-refractivity contribution < 1.29 is 0 Å². The predicted octanol–water partition coefficient (Wildman–Crippen LogP) is 1.49. The van der Waals surface area contributed by atoms with Gasteiger partial charge in [0.25, 0.3) is 0 Å². The fourth-order valence-electron chi connectivity index (χ4n) is 0.711. The molecule has 0 aliphatic heterocycles. The highest BCUT2D eigenvalue weighted by molar-refractivity contribution is 9.10. The molecule has 3 nitrogen and oxygen atoms in total. The number of nitriles is 1. The van der Waals surface area contributed by atoms with E-state index in [0.717, 1.165) is 10.0 Å². The highest BCUT2D eigenvalue weighted by Gasteiger charge is 2.01. The molecule has 1 aromatic rings. The zero-order chi connectivity index (χ0) is 8.27. The van der Waals surface area contributed by atoms with Crippen LogP contribution in [-0.2, 0) is 6.42 Å². The molecule has 0 bridgehead atoms. The molecule has 0 saturated heterocycles. The van der Waals surface area contributed by atoms with Gasteiger partial charge in [0.1, 0.15) is 0 Å². The smallest absolute Gasteiger partial charge is 0.0671 e. The first kappa shape index (κ1) is 8.02. The topological polar surface area (TPSA) is 62.7 Å². The molecule has 1 rings (SSSR count). The number of aromatic nitrogens is 1. The van der Waals surface area contributed by atoms with Crippen LogP contribution in [0.4, 0.5) is 5.69 Å². The number of halogens is 1. The molecule has 0 aromatic carbocycles. The van der Waals surface area contributed by atoms with Crippen LogP contribution in [0.5, 0.6) is 0 Å². The van der Waals surface area contributed by atoms with Crippen molar-refractivity contribution in [1.29, 1.82) is 5.26 Å². The number of hydrogen-bond donors (Lipinski definition) is 1. The van der Waals surface area contributed by atoms with Gasteiger partial charge in [-0.1, -0.05) is 0 Å². The minimum atomic E-state index is 0.304. The molecule has 0 aliphatic carbocycles. The first-order valence-electron chi connectivity index (χ1n) is 3.00. The molecule has 56 valence electrons. The normalized spacial score (nSPS) is 9.09. The highest BCUT2D eigenvalue weighted by Crippen LogP contribution is 2.21. The zero-order valence-corrected chi connectivity index (χ0v) is 7.30. The lowest BCUT2D eigenvalue weighted by atomic mass is 10.2. The van der Waals surface area contributed by atoms with Crippen LogP contribution in [0, 0.1) is 11.3 Å². The van der Waals surface area contributed by atoms with Gasteiger partial charge in [-0.25, -0.2) is 0 Å². The van der Waals surface area contributed by atoms with Gasteiger partial charge in [0.05, 0.1) is 22.7 Å². The molecule has 0 unspecified atom stereocenters. The molecule has 2 N–H and O–H groups in total. The number of pyridine rings is 1. The van der Waals surface area contributed by atoms with Crippen molar-refractivity contribution in [2.24, 2.45) is 0 Å². The molecule has 0 atom stereocenters. The van der Waals surface area contributed by atoms with Gasteiger partial charge in [-0.3, -0.25) is 4.98 Å². The van der Waals surface area contributed by atoms with Crippen molar-refractivity contribution in [2.75, 3.05) is 5.73 Å². The van der Waals surface area contributed by atoms with Gasteiger partial charge in [-0.2, -0.15) is 5.26 Å². The van der Waals surface area contributed by atoms with Crippen LogP contribution in [0.1, 0.15) is 5.56 Å². The van der Waals surface area contributed by atoms with Gasteiger partial charge < -0.3 is 5.73 Å². The number of rotatable bonds is 1. The van der Waals surface area contributed by atoms with Gasteiger partial charge in [0.2, 0.25) is 0 Å². The van der Waals surface area contributed by atoms with E-state index in [-0.39, 0.29) is 0 Å². The molecule has 1 heterocycles. The summed E-state index contributed by atoms with van der Waals surface area (Å²) in [4.78, 5) is 3.89. The van der Waals surface area contributed by atoms with E-state index in [4.69, 9.17) is 11.0 Å². The van der Waals surface area contributed by atoms with Gasteiger partial charge in [-0.05, 0) is 15.9 Å². The largest absolute Gasteiger partial charge is 0.397 e. The Kier molecular flexibility index (Phi) is 2.44. The van der Waals surface area contributed by atoms with E-state index in [1.54, 1.807) is 12.4 Å². The Morgan fingerprint density at radius 2 is 2.36 bits per heavy atom. The minimum Gasteiger partial charge on any atom is -0.397 e.